The number of nitrogens with two attached hydrogens (primary N) is 1. The lowest BCUT2D eigenvalue weighted by atomic mass is 9.93. The van der Waals surface area contributed by atoms with Crippen molar-refractivity contribution in [3.8, 4) is 0 Å². The van der Waals surface area contributed by atoms with Crippen LogP contribution >= 0.6 is 0 Å². The van der Waals surface area contributed by atoms with Crippen molar-refractivity contribution in [2.75, 3.05) is 20.1 Å². The topological polar surface area (TPSA) is 29.3 Å². The Kier molecular flexibility index (Phi) is 4.12. The van der Waals surface area contributed by atoms with Crippen LogP contribution in [0.4, 0.5) is 13.2 Å². The fourth-order valence-corrected chi connectivity index (χ4v) is 2.84. The van der Waals surface area contributed by atoms with E-state index in [0.717, 1.165) is 12.6 Å². The fourth-order valence-electron chi connectivity index (χ4n) is 2.84. The Bertz CT molecular complexity index is 497. The number of halogens is 3. The lowest BCUT2D eigenvalue weighted by Crippen LogP contribution is -2.22. The van der Waals surface area contributed by atoms with Crippen molar-refractivity contribution < 1.29 is 13.2 Å². The maximum absolute atomic E-state index is 14.1. The van der Waals surface area contributed by atoms with Gasteiger partial charge in [-0.25, -0.2) is 13.2 Å². The first-order valence-corrected chi connectivity index (χ1v) is 6.82. The van der Waals surface area contributed by atoms with Crippen molar-refractivity contribution in [2.45, 2.75) is 32.0 Å². The second kappa shape index (κ2) is 5.37. The predicted molar refractivity (Wildman–Crippen MR) is 73.0 cm³/mol. The molecule has 2 nitrogen and oxygen atoms in total. The molecule has 1 saturated heterocycles. The average Bonchev–Trinajstić information content (AvgIpc) is 2.72. The van der Waals surface area contributed by atoms with Crippen molar-refractivity contribution in [3.63, 3.8) is 0 Å². The van der Waals surface area contributed by atoms with Gasteiger partial charge in [0.1, 0.15) is 5.67 Å². The van der Waals surface area contributed by atoms with E-state index in [4.69, 9.17) is 5.73 Å². The molecule has 0 spiro atoms. The molecule has 0 aromatic heterocycles. The number of nitrogens with zero attached hydrogens (tertiary/aromatic N) is 1. The van der Waals surface area contributed by atoms with Gasteiger partial charge in [-0.1, -0.05) is 0 Å². The predicted octanol–water partition coefficient (Wildman–Crippen LogP) is 3.12. The Hall–Kier alpha value is -1.07. The minimum atomic E-state index is -1.70. The summed E-state index contributed by atoms with van der Waals surface area (Å²) in [6.45, 7) is 3.93. The third-order valence-corrected chi connectivity index (χ3v) is 4.07. The van der Waals surface area contributed by atoms with Gasteiger partial charge in [0.15, 0.2) is 11.6 Å². The van der Waals surface area contributed by atoms with Gasteiger partial charge >= 0.3 is 0 Å². The molecule has 1 aliphatic rings. The van der Waals surface area contributed by atoms with Crippen molar-refractivity contribution in [3.05, 3.63) is 34.9 Å². The van der Waals surface area contributed by atoms with Gasteiger partial charge < -0.3 is 5.73 Å². The number of hydrogen-bond acceptors (Lipinski definition) is 2. The zero-order valence-electron chi connectivity index (χ0n) is 12.1. The van der Waals surface area contributed by atoms with E-state index in [1.54, 1.807) is 0 Å². The second-order valence-electron chi connectivity index (χ2n) is 6.13. The average molecular weight is 286 g/mol. The molecule has 1 aromatic rings. The van der Waals surface area contributed by atoms with E-state index in [1.165, 1.54) is 19.9 Å². The van der Waals surface area contributed by atoms with E-state index >= 15 is 0 Å². The molecule has 2 atom stereocenters. The molecule has 0 bridgehead atoms. The second-order valence-corrected chi connectivity index (χ2v) is 6.13. The zero-order valence-corrected chi connectivity index (χ0v) is 12.1. The monoisotopic (exact) mass is 286 g/mol. The molecule has 1 heterocycles. The van der Waals surface area contributed by atoms with Gasteiger partial charge in [-0.15, -0.1) is 0 Å². The molecule has 1 aliphatic heterocycles. The molecular weight excluding hydrogens is 265 g/mol. The lowest BCUT2D eigenvalue weighted by Gasteiger charge is -2.23. The van der Waals surface area contributed by atoms with Crippen molar-refractivity contribution >= 4 is 0 Å². The molecule has 0 aliphatic carbocycles. The molecule has 0 saturated carbocycles. The third-order valence-electron chi connectivity index (χ3n) is 4.07. The molecule has 1 aromatic carbocycles. The third kappa shape index (κ3) is 2.83. The summed E-state index contributed by atoms with van der Waals surface area (Å²) in [4.78, 5) is 1.95. The molecule has 5 heteroatoms. The number of hydrogen-bond donors (Lipinski definition) is 1. The van der Waals surface area contributed by atoms with Gasteiger partial charge in [-0.2, -0.15) is 0 Å². The number of benzene rings is 1. The van der Waals surface area contributed by atoms with Crippen LogP contribution in [0.2, 0.25) is 0 Å². The van der Waals surface area contributed by atoms with Crippen LogP contribution in [0.3, 0.4) is 0 Å². The summed E-state index contributed by atoms with van der Waals surface area (Å²) in [6.07, 6.45) is 0.666. The number of likely N-dealkylation sites (tertiary alicyclic amines) is 1. The minimum Gasteiger partial charge on any atom is -0.330 e. The number of alkyl halides is 1. The van der Waals surface area contributed by atoms with Crippen molar-refractivity contribution in [2.24, 2.45) is 11.7 Å². The molecule has 20 heavy (non-hydrogen) atoms. The smallest absolute Gasteiger partial charge is 0.163 e. The molecule has 2 N–H and O–H groups in total. The van der Waals surface area contributed by atoms with Crippen LogP contribution in [0.5, 0.6) is 0 Å². The van der Waals surface area contributed by atoms with E-state index in [0.29, 0.717) is 13.0 Å². The fraction of sp³-hybridized carbons (Fsp3) is 0.600. The Balaban J connectivity index is 2.43. The molecule has 112 valence electrons. The quantitative estimate of drug-likeness (QED) is 0.925. The maximum atomic E-state index is 14.1. The van der Waals surface area contributed by atoms with Crippen molar-refractivity contribution in [1.82, 2.24) is 4.90 Å². The van der Waals surface area contributed by atoms with Gasteiger partial charge in [0.05, 0.1) is 0 Å². The normalized spacial score (nSPS) is 24.4. The van der Waals surface area contributed by atoms with Crippen LogP contribution in [0.1, 0.15) is 37.4 Å². The highest BCUT2D eigenvalue weighted by Crippen LogP contribution is 2.38. The summed E-state index contributed by atoms with van der Waals surface area (Å²) in [7, 11) is 1.85. The van der Waals surface area contributed by atoms with Gasteiger partial charge in [0.2, 0.25) is 0 Å². The Morgan fingerprint density at radius 2 is 2.00 bits per heavy atom. The highest BCUT2D eigenvalue weighted by molar-refractivity contribution is 5.32. The van der Waals surface area contributed by atoms with Gasteiger partial charge in [-0.3, -0.25) is 4.90 Å². The maximum Gasteiger partial charge on any atom is 0.163 e. The number of rotatable bonds is 3. The van der Waals surface area contributed by atoms with Crippen LogP contribution in [-0.4, -0.2) is 25.0 Å². The molecule has 2 unspecified atom stereocenters. The Labute approximate surface area is 117 Å². The van der Waals surface area contributed by atoms with Crippen LogP contribution < -0.4 is 5.73 Å². The molecule has 2 rings (SSSR count). The Morgan fingerprint density at radius 1 is 1.35 bits per heavy atom. The lowest BCUT2D eigenvalue weighted by molar-refractivity contribution is 0.219. The van der Waals surface area contributed by atoms with E-state index in [2.05, 4.69) is 0 Å². The summed E-state index contributed by atoms with van der Waals surface area (Å²) < 4.78 is 41.8. The Morgan fingerprint density at radius 3 is 2.50 bits per heavy atom. The van der Waals surface area contributed by atoms with Crippen LogP contribution in [0.25, 0.3) is 0 Å². The van der Waals surface area contributed by atoms with E-state index in [-0.39, 0.29) is 23.1 Å². The molecule has 1 fully saturated rings. The SMILES string of the molecule is CN1CC(CN)CC1c1cc(C(C)(C)F)cc(F)c1F. The molecular formula is C15H21F3N2. The van der Waals surface area contributed by atoms with E-state index in [1.807, 2.05) is 11.9 Å². The van der Waals surface area contributed by atoms with Gasteiger partial charge in [-0.05, 0) is 57.5 Å². The van der Waals surface area contributed by atoms with Gasteiger partial charge in [0.25, 0.3) is 0 Å². The summed E-state index contributed by atoms with van der Waals surface area (Å²) in [6, 6.07) is 2.13. The van der Waals surface area contributed by atoms with Crippen LogP contribution in [0.15, 0.2) is 12.1 Å². The first-order chi connectivity index (χ1) is 9.24. The molecule has 0 amide bonds. The van der Waals surface area contributed by atoms with E-state index in [9.17, 15) is 13.2 Å². The van der Waals surface area contributed by atoms with Crippen LogP contribution in [-0.2, 0) is 5.67 Å². The summed E-state index contributed by atoms with van der Waals surface area (Å²) >= 11 is 0. The van der Waals surface area contributed by atoms with Gasteiger partial charge in [0, 0.05) is 18.2 Å². The minimum absolute atomic E-state index is 0.163. The highest BCUT2D eigenvalue weighted by Gasteiger charge is 2.33. The van der Waals surface area contributed by atoms with Crippen molar-refractivity contribution in [1.29, 1.82) is 0 Å². The summed E-state index contributed by atoms with van der Waals surface area (Å²) in [5, 5.41) is 0. The first-order valence-electron chi connectivity index (χ1n) is 6.82. The standard InChI is InChI=1S/C15H21F3N2/c1-15(2,18)10-5-11(14(17)12(16)6-10)13-4-9(7-19)8-20(13)3/h5-6,9,13H,4,7-8,19H2,1-3H3. The largest absolute Gasteiger partial charge is 0.330 e. The first kappa shape index (κ1) is 15.3. The zero-order chi connectivity index (χ0) is 15.1. The van der Waals surface area contributed by atoms with E-state index < -0.39 is 17.3 Å². The summed E-state index contributed by atoms with van der Waals surface area (Å²) in [5.74, 6) is -1.62. The molecule has 0 radical (unpaired) electrons. The summed E-state index contributed by atoms with van der Waals surface area (Å²) in [5.41, 5.74) is 4.34. The highest BCUT2D eigenvalue weighted by atomic mass is 19.2. The van der Waals surface area contributed by atoms with Crippen LogP contribution in [0, 0.1) is 17.6 Å².